The predicted octanol–water partition coefficient (Wildman–Crippen LogP) is 28.4. The normalized spacial score (nSPS) is 11.2. The van der Waals surface area contributed by atoms with E-state index in [1.807, 2.05) is 6.07 Å². The second kappa shape index (κ2) is 29.3. The number of nitrogens with zero attached hydrogens (tertiary/aromatic N) is 4. The Morgan fingerprint density at radius 3 is 0.850 bits per heavy atom. The molecule has 4 heteroatoms. The van der Waals surface area contributed by atoms with Crippen molar-refractivity contribution in [3.05, 3.63) is 437 Å². The summed E-state index contributed by atoms with van der Waals surface area (Å²) in [6, 6.07) is 156. The van der Waals surface area contributed by atoms with Crippen molar-refractivity contribution in [2.75, 3.05) is 9.80 Å². The maximum Gasteiger partial charge on any atom is 0.145 e. The van der Waals surface area contributed by atoms with E-state index in [1.165, 1.54) is 99.1 Å². The second-order valence-corrected chi connectivity index (χ2v) is 27.0. The van der Waals surface area contributed by atoms with Gasteiger partial charge in [-0.1, -0.05) is 334 Å². The van der Waals surface area contributed by atoms with Gasteiger partial charge in [0.2, 0.25) is 0 Å². The first-order valence-electron chi connectivity index (χ1n) is 36.6. The van der Waals surface area contributed by atoms with Crippen LogP contribution in [0.3, 0.4) is 0 Å². The Balaban J connectivity index is 0.000000159. The van der Waals surface area contributed by atoms with E-state index in [0.717, 1.165) is 73.4 Å². The average molecular weight is 1370 g/mol. The Morgan fingerprint density at radius 2 is 0.458 bits per heavy atom. The number of benzene rings is 18. The molecular weight excluding hydrogens is 1290 g/mol. The predicted molar refractivity (Wildman–Crippen MR) is 453 cm³/mol. The molecule has 504 valence electrons. The third kappa shape index (κ3) is 13.2. The van der Waals surface area contributed by atoms with Gasteiger partial charge in [-0.25, -0.2) is 4.98 Å². The van der Waals surface area contributed by atoms with Crippen molar-refractivity contribution in [2.24, 2.45) is 0 Å². The van der Waals surface area contributed by atoms with Crippen LogP contribution in [0.1, 0.15) is 0 Å². The SMILES string of the molecule is c1ccc(-c2ccc(-c3ccc(N(c4ccccc4)c4ccc(-c5ccc(N(c6ccc(-c7ccccc7)cc6)c6ccc(-c7ccccc7)cc6)cc5)cc4)cc3)cc2)cc1.c1ccc(-c2nc3ccccc3n2-c2ccc(-c3c4ccccc4c(-c4ccc5ccccc5c4)c4ccccc34)cc2)cc1. The van der Waals surface area contributed by atoms with Crippen LogP contribution in [-0.2, 0) is 0 Å². The van der Waals surface area contributed by atoms with E-state index in [4.69, 9.17) is 4.98 Å². The minimum absolute atomic E-state index is 0.945. The van der Waals surface area contributed by atoms with E-state index < -0.39 is 0 Å². The van der Waals surface area contributed by atoms with Gasteiger partial charge in [-0.3, -0.25) is 4.57 Å². The number of anilines is 6. The maximum atomic E-state index is 5.04. The van der Waals surface area contributed by atoms with Crippen molar-refractivity contribution < 1.29 is 0 Å². The molecule has 0 saturated heterocycles. The highest BCUT2D eigenvalue weighted by molar-refractivity contribution is 6.22. The summed E-state index contributed by atoms with van der Waals surface area (Å²) in [5, 5.41) is 7.54. The van der Waals surface area contributed by atoms with Gasteiger partial charge in [0, 0.05) is 45.4 Å². The molecule has 0 aliphatic carbocycles. The highest BCUT2D eigenvalue weighted by Gasteiger charge is 2.21. The standard InChI is InChI=1S/C60H44N2.C43H28N2/c1-5-13-45(14-6-1)48-21-23-49(24-22-48)52-29-39-56(40-30-52)61(55-19-11-4-12-20-55)57-41-31-53(32-42-57)54-33-43-60(44-34-54)62(58-35-25-50(26-36-58)46-15-7-2-8-16-46)59-37-27-51(28-38-59)47-17-9-3-10-18-47;1-2-13-31(14-3-1)43-44-39-20-10-11-21-40(39)45(43)34-26-24-30(25-27-34)41-35-16-6-8-18-37(35)42(38-19-9-7-17-36(38)41)33-23-22-29-12-4-5-15-32(29)28-33/h1-44H;1-28H. The van der Waals surface area contributed by atoms with Crippen molar-refractivity contribution in [3.63, 3.8) is 0 Å². The van der Waals surface area contributed by atoms with Crippen molar-refractivity contribution in [2.45, 2.75) is 0 Å². The summed E-state index contributed by atoms with van der Waals surface area (Å²) >= 11 is 0. The van der Waals surface area contributed by atoms with Crippen LogP contribution in [0.15, 0.2) is 437 Å². The number of hydrogen-bond donors (Lipinski definition) is 0. The molecule has 0 bridgehead atoms. The van der Waals surface area contributed by atoms with E-state index in [2.05, 4.69) is 445 Å². The molecule has 4 nitrogen and oxygen atoms in total. The van der Waals surface area contributed by atoms with E-state index in [1.54, 1.807) is 0 Å². The Morgan fingerprint density at radius 1 is 0.187 bits per heavy atom. The molecule has 0 amide bonds. The fraction of sp³-hybridized carbons (Fsp3) is 0. The summed E-state index contributed by atoms with van der Waals surface area (Å²) < 4.78 is 2.27. The molecule has 0 N–H and O–H groups in total. The Hall–Kier alpha value is -14.2. The van der Waals surface area contributed by atoms with Gasteiger partial charge in [-0.05, 0) is 213 Å². The lowest BCUT2D eigenvalue weighted by Crippen LogP contribution is -2.10. The zero-order valence-corrected chi connectivity index (χ0v) is 58.9. The van der Waals surface area contributed by atoms with Gasteiger partial charge in [0.25, 0.3) is 0 Å². The highest BCUT2D eigenvalue weighted by Crippen LogP contribution is 2.46. The molecule has 19 rings (SSSR count). The number of para-hydroxylation sites is 3. The lowest BCUT2D eigenvalue weighted by atomic mass is 9.85. The van der Waals surface area contributed by atoms with Crippen molar-refractivity contribution in [1.29, 1.82) is 0 Å². The molecule has 0 fully saturated rings. The van der Waals surface area contributed by atoms with Crippen molar-refractivity contribution in [3.8, 4) is 95.0 Å². The van der Waals surface area contributed by atoms with Gasteiger partial charge in [0.15, 0.2) is 0 Å². The molecule has 107 heavy (non-hydrogen) atoms. The molecular formula is C103H72N4. The van der Waals surface area contributed by atoms with E-state index in [-0.39, 0.29) is 0 Å². The van der Waals surface area contributed by atoms with Gasteiger partial charge in [0.1, 0.15) is 5.82 Å². The molecule has 0 aliphatic heterocycles. The lowest BCUT2D eigenvalue weighted by molar-refractivity contribution is 1.10. The Labute approximate surface area is 624 Å². The monoisotopic (exact) mass is 1360 g/mol. The molecule has 18 aromatic carbocycles. The molecule has 1 aromatic heterocycles. The van der Waals surface area contributed by atoms with Crippen LogP contribution in [0, 0.1) is 0 Å². The van der Waals surface area contributed by atoms with E-state index >= 15 is 0 Å². The first-order chi connectivity index (χ1) is 53.1. The maximum absolute atomic E-state index is 5.04. The highest BCUT2D eigenvalue weighted by atomic mass is 15.1. The number of rotatable bonds is 15. The van der Waals surface area contributed by atoms with E-state index in [9.17, 15) is 0 Å². The zero-order chi connectivity index (χ0) is 71.2. The van der Waals surface area contributed by atoms with Crippen LogP contribution in [0.25, 0.3) is 138 Å². The summed E-state index contributed by atoms with van der Waals surface area (Å²) in [5.74, 6) is 0.945. The molecule has 19 aromatic rings. The van der Waals surface area contributed by atoms with Crippen LogP contribution >= 0.6 is 0 Å². The number of fused-ring (bicyclic) bond motifs is 4. The van der Waals surface area contributed by atoms with Crippen LogP contribution in [0.2, 0.25) is 0 Å². The topological polar surface area (TPSA) is 24.3 Å². The molecule has 0 unspecified atom stereocenters. The van der Waals surface area contributed by atoms with Crippen molar-refractivity contribution >= 4 is 77.5 Å². The number of hydrogen-bond acceptors (Lipinski definition) is 3. The molecule has 0 saturated carbocycles. The molecule has 0 atom stereocenters. The Bertz CT molecular complexity index is 6130. The fourth-order valence-electron chi connectivity index (χ4n) is 15.2. The second-order valence-electron chi connectivity index (χ2n) is 27.0. The van der Waals surface area contributed by atoms with Crippen LogP contribution in [0.5, 0.6) is 0 Å². The Kier molecular flexibility index (Phi) is 17.8. The molecule has 0 radical (unpaired) electrons. The first-order valence-corrected chi connectivity index (χ1v) is 36.6. The largest absolute Gasteiger partial charge is 0.311 e. The summed E-state index contributed by atoms with van der Waals surface area (Å²) in [6.45, 7) is 0. The molecule has 0 spiro atoms. The smallest absolute Gasteiger partial charge is 0.145 e. The summed E-state index contributed by atoms with van der Waals surface area (Å²) in [4.78, 5) is 9.69. The molecule has 0 aliphatic rings. The average Bonchev–Trinajstić information content (AvgIpc) is 0.837. The third-order valence-electron chi connectivity index (χ3n) is 20.5. The minimum atomic E-state index is 0.945. The van der Waals surface area contributed by atoms with E-state index in [0.29, 0.717) is 0 Å². The molecule has 1 heterocycles. The van der Waals surface area contributed by atoms with Gasteiger partial charge >= 0.3 is 0 Å². The van der Waals surface area contributed by atoms with Gasteiger partial charge in [-0.15, -0.1) is 0 Å². The number of aromatic nitrogens is 2. The summed E-state index contributed by atoms with van der Waals surface area (Å²) in [5.41, 5.74) is 27.8. The van der Waals surface area contributed by atoms with Gasteiger partial charge < -0.3 is 9.80 Å². The van der Waals surface area contributed by atoms with Gasteiger partial charge in [0.05, 0.1) is 11.0 Å². The summed E-state index contributed by atoms with van der Waals surface area (Å²) in [7, 11) is 0. The van der Waals surface area contributed by atoms with Crippen LogP contribution < -0.4 is 9.80 Å². The third-order valence-corrected chi connectivity index (χ3v) is 20.5. The van der Waals surface area contributed by atoms with Gasteiger partial charge in [-0.2, -0.15) is 0 Å². The fourth-order valence-corrected chi connectivity index (χ4v) is 15.2. The lowest BCUT2D eigenvalue weighted by Gasteiger charge is -2.26. The zero-order valence-electron chi connectivity index (χ0n) is 58.9. The quantitative estimate of drug-likeness (QED) is 0.0956. The van der Waals surface area contributed by atoms with Crippen LogP contribution in [-0.4, -0.2) is 9.55 Å². The minimum Gasteiger partial charge on any atom is -0.311 e. The first kappa shape index (κ1) is 64.9. The van der Waals surface area contributed by atoms with Crippen molar-refractivity contribution in [1.82, 2.24) is 9.55 Å². The number of imidazole rings is 1. The van der Waals surface area contributed by atoms with Crippen LogP contribution in [0.4, 0.5) is 34.1 Å². The summed E-state index contributed by atoms with van der Waals surface area (Å²) in [6.07, 6.45) is 0.